The van der Waals surface area contributed by atoms with Crippen LogP contribution in [-0.4, -0.2) is 17.6 Å². The Morgan fingerprint density at radius 3 is 2.87 bits per heavy atom. The van der Waals surface area contributed by atoms with E-state index in [2.05, 4.69) is 5.32 Å². The number of carbonyl (C=O) groups excluding carboxylic acids is 1. The van der Waals surface area contributed by atoms with Gasteiger partial charge in [-0.1, -0.05) is 6.07 Å². The van der Waals surface area contributed by atoms with Crippen molar-refractivity contribution in [3.05, 3.63) is 57.8 Å². The minimum atomic E-state index is -0.642. The second-order valence-corrected chi connectivity index (χ2v) is 4.67. The van der Waals surface area contributed by atoms with Crippen LogP contribution in [0.2, 0.25) is 0 Å². The maximum Gasteiger partial charge on any atom is 0.433 e. The van der Waals surface area contributed by atoms with Crippen LogP contribution in [0.25, 0.3) is 6.08 Å². The van der Waals surface area contributed by atoms with Crippen molar-refractivity contribution in [3.63, 3.8) is 0 Å². The quantitative estimate of drug-likeness (QED) is 0.515. The molecule has 0 fully saturated rings. The lowest BCUT2D eigenvalue weighted by atomic mass is 10.2. The van der Waals surface area contributed by atoms with Gasteiger partial charge in [0, 0.05) is 12.6 Å². The molecule has 0 bridgehead atoms. The number of benzene rings is 1. The molecule has 1 aliphatic rings. The van der Waals surface area contributed by atoms with Crippen LogP contribution < -0.4 is 14.8 Å². The van der Waals surface area contributed by atoms with E-state index >= 15 is 0 Å². The second-order valence-electron chi connectivity index (χ2n) is 4.67. The average molecular weight is 316 g/mol. The molecule has 1 aromatic carbocycles. The molecule has 1 aromatic heterocycles. The van der Waals surface area contributed by atoms with E-state index in [-0.39, 0.29) is 24.3 Å². The predicted molar refractivity (Wildman–Crippen MR) is 78.8 cm³/mol. The predicted octanol–water partition coefficient (Wildman–Crippen LogP) is 2.25. The molecule has 118 valence electrons. The number of furan rings is 1. The summed E-state index contributed by atoms with van der Waals surface area (Å²) in [7, 11) is 0. The highest BCUT2D eigenvalue weighted by Gasteiger charge is 2.13. The maximum absolute atomic E-state index is 11.7. The van der Waals surface area contributed by atoms with Crippen LogP contribution in [0.4, 0.5) is 5.88 Å². The van der Waals surface area contributed by atoms with E-state index in [1.165, 1.54) is 24.3 Å². The monoisotopic (exact) mass is 316 g/mol. The van der Waals surface area contributed by atoms with E-state index in [0.717, 1.165) is 5.56 Å². The Labute approximate surface area is 130 Å². The highest BCUT2D eigenvalue weighted by molar-refractivity contribution is 5.91. The van der Waals surface area contributed by atoms with Gasteiger partial charge in [0.1, 0.15) is 10.7 Å². The molecule has 8 nitrogen and oxygen atoms in total. The van der Waals surface area contributed by atoms with Gasteiger partial charge in [-0.3, -0.25) is 14.9 Å². The number of rotatable bonds is 5. The number of nitrogens with zero attached hydrogens (tertiary/aromatic N) is 1. The number of nitrogens with one attached hydrogen (secondary N) is 1. The standard InChI is InChI=1S/C15H12N2O6/c18-14(5-2-11-3-6-15(23-11)17(19)20)16-8-10-1-4-12-13(7-10)22-9-21-12/h1-7H,8-9H2,(H,16,18)/b5-2+. The molecule has 1 amide bonds. The summed E-state index contributed by atoms with van der Waals surface area (Å²) in [5, 5.41) is 13.2. The fourth-order valence-electron chi connectivity index (χ4n) is 1.99. The Hall–Kier alpha value is -3.29. The number of fused-ring (bicyclic) bond motifs is 1. The average Bonchev–Trinajstić information content (AvgIpc) is 3.19. The van der Waals surface area contributed by atoms with Crippen LogP contribution >= 0.6 is 0 Å². The largest absolute Gasteiger partial charge is 0.454 e. The molecule has 8 heteroatoms. The minimum absolute atomic E-state index is 0.198. The van der Waals surface area contributed by atoms with E-state index in [0.29, 0.717) is 18.0 Å². The SMILES string of the molecule is O=C(/C=C/c1ccc([N+](=O)[O-])o1)NCc1ccc2c(c1)OCO2. The second kappa shape index (κ2) is 6.22. The van der Waals surface area contributed by atoms with Gasteiger partial charge in [0.25, 0.3) is 0 Å². The first-order valence-electron chi connectivity index (χ1n) is 6.70. The van der Waals surface area contributed by atoms with Gasteiger partial charge in [-0.2, -0.15) is 0 Å². The van der Waals surface area contributed by atoms with E-state index in [4.69, 9.17) is 13.9 Å². The normalized spacial score (nSPS) is 12.5. The summed E-state index contributed by atoms with van der Waals surface area (Å²) in [5.74, 6) is 0.844. The van der Waals surface area contributed by atoms with Gasteiger partial charge in [-0.05, 0) is 29.8 Å². The Morgan fingerprint density at radius 1 is 1.26 bits per heavy atom. The Balaban J connectivity index is 1.54. The molecule has 0 unspecified atom stereocenters. The highest BCUT2D eigenvalue weighted by atomic mass is 16.7. The smallest absolute Gasteiger partial charge is 0.433 e. The van der Waals surface area contributed by atoms with Crippen LogP contribution in [0.3, 0.4) is 0 Å². The summed E-state index contributed by atoms with van der Waals surface area (Å²) >= 11 is 0. The van der Waals surface area contributed by atoms with E-state index in [1.807, 2.05) is 6.07 Å². The molecule has 2 aromatic rings. The molecular weight excluding hydrogens is 304 g/mol. The molecule has 0 saturated carbocycles. The molecule has 2 heterocycles. The van der Waals surface area contributed by atoms with Crippen LogP contribution in [0.15, 0.2) is 40.8 Å². The number of hydrogen-bond donors (Lipinski definition) is 1. The summed E-state index contributed by atoms with van der Waals surface area (Å²) in [5.41, 5.74) is 0.865. The van der Waals surface area contributed by atoms with Crippen molar-refractivity contribution in [2.45, 2.75) is 6.54 Å². The number of nitro groups is 1. The first kappa shape index (κ1) is 14.6. The third kappa shape index (κ3) is 3.49. The van der Waals surface area contributed by atoms with Crippen molar-refractivity contribution < 1.29 is 23.6 Å². The molecule has 23 heavy (non-hydrogen) atoms. The molecule has 0 radical (unpaired) electrons. The van der Waals surface area contributed by atoms with Crippen LogP contribution in [0.5, 0.6) is 11.5 Å². The summed E-state index contributed by atoms with van der Waals surface area (Å²) in [6.07, 6.45) is 2.61. The molecular formula is C15H12N2O6. The molecule has 0 atom stereocenters. The first-order valence-corrected chi connectivity index (χ1v) is 6.70. The van der Waals surface area contributed by atoms with Gasteiger partial charge in [0.05, 0.1) is 6.07 Å². The molecule has 0 spiro atoms. The lowest BCUT2D eigenvalue weighted by molar-refractivity contribution is -0.402. The van der Waals surface area contributed by atoms with Crippen molar-refractivity contribution in [2.75, 3.05) is 6.79 Å². The van der Waals surface area contributed by atoms with Crippen LogP contribution in [0, 0.1) is 10.1 Å². The fourth-order valence-corrected chi connectivity index (χ4v) is 1.99. The van der Waals surface area contributed by atoms with Crippen LogP contribution in [-0.2, 0) is 11.3 Å². The Morgan fingerprint density at radius 2 is 2.09 bits per heavy atom. The molecule has 0 aliphatic carbocycles. The van der Waals surface area contributed by atoms with E-state index in [1.54, 1.807) is 12.1 Å². The number of carbonyl (C=O) groups is 1. The van der Waals surface area contributed by atoms with Gasteiger partial charge >= 0.3 is 5.88 Å². The number of hydrogen-bond acceptors (Lipinski definition) is 6. The minimum Gasteiger partial charge on any atom is -0.454 e. The molecule has 1 N–H and O–H groups in total. The van der Waals surface area contributed by atoms with Crippen molar-refractivity contribution in [3.8, 4) is 11.5 Å². The fraction of sp³-hybridized carbons (Fsp3) is 0.133. The van der Waals surface area contributed by atoms with Gasteiger partial charge < -0.3 is 19.2 Å². The topological polar surface area (TPSA) is 104 Å². The molecule has 0 saturated heterocycles. The maximum atomic E-state index is 11.7. The van der Waals surface area contributed by atoms with Gasteiger partial charge in [0.15, 0.2) is 11.5 Å². The van der Waals surface area contributed by atoms with E-state index in [9.17, 15) is 14.9 Å². The highest BCUT2D eigenvalue weighted by Crippen LogP contribution is 2.32. The summed E-state index contributed by atoms with van der Waals surface area (Å²) < 4.78 is 15.4. The van der Waals surface area contributed by atoms with Crippen molar-refractivity contribution in [1.29, 1.82) is 0 Å². The summed E-state index contributed by atoms with van der Waals surface area (Å²) in [6.45, 7) is 0.515. The van der Waals surface area contributed by atoms with Crippen molar-refractivity contribution in [1.82, 2.24) is 5.32 Å². The van der Waals surface area contributed by atoms with Crippen molar-refractivity contribution in [2.24, 2.45) is 0 Å². The van der Waals surface area contributed by atoms with Gasteiger partial charge in [-0.15, -0.1) is 0 Å². The summed E-state index contributed by atoms with van der Waals surface area (Å²) in [4.78, 5) is 21.6. The lowest BCUT2D eigenvalue weighted by Gasteiger charge is -2.03. The van der Waals surface area contributed by atoms with E-state index < -0.39 is 4.92 Å². The van der Waals surface area contributed by atoms with Gasteiger partial charge in [-0.25, -0.2) is 0 Å². The van der Waals surface area contributed by atoms with Gasteiger partial charge in [0.2, 0.25) is 12.7 Å². The Bertz CT molecular complexity index is 780. The molecule has 3 rings (SSSR count). The zero-order chi connectivity index (χ0) is 16.2. The third-order valence-electron chi connectivity index (χ3n) is 3.10. The summed E-state index contributed by atoms with van der Waals surface area (Å²) in [6, 6.07) is 8.04. The zero-order valence-corrected chi connectivity index (χ0v) is 11.9. The Kier molecular flexibility index (Phi) is 3.96. The number of ether oxygens (including phenoxy) is 2. The first-order chi connectivity index (χ1) is 11.1. The number of amides is 1. The molecule has 1 aliphatic heterocycles. The lowest BCUT2D eigenvalue weighted by Crippen LogP contribution is -2.20. The zero-order valence-electron chi connectivity index (χ0n) is 11.9. The third-order valence-corrected chi connectivity index (χ3v) is 3.10. The van der Waals surface area contributed by atoms with Crippen LogP contribution in [0.1, 0.15) is 11.3 Å². The van der Waals surface area contributed by atoms with Crippen molar-refractivity contribution >= 4 is 17.9 Å².